The number of nitrogens with zero attached hydrogens (tertiary/aromatic N) is 1. The van der Waals surface area contributed by atoms with Crippen LogP contribution in [0.2, 0.25) is 0 Å². The average Bonchev–Trinajstić information content (AvgIpc) is 2.99. The number of hydrogen-bond acceptors (Lipinski definition) is 3. The molecule has 0 saturated heterocycles. The number of thiazole rings is 1. The predicted molar refractivity (Wildman–Crippen MR) is 63.8 cm³/mol. The Morgan fingerprint density at radius 1 is 1.50 bits per heavy atom. The third-order valence-electron chi connectivity index (χ3n) is 3.24. The predicted octanol–water partition coefficient (Wildman–Crippen LogP) is 3.02. The maximum absolute atomic E-state index is 13.1. The summed E-state index contributed by atoms with van der Waals surface area (Å²) in [5.74, 6) is 0.325. The topological polar surface area (TPSA) is 38.9 Å². The van der Waals surface area contributed by atoms with Gasteiger partial charge >= 0.3 is 0 Å². The molecule has 1 aromatic carbocycles. The van der Waals surface area contributed by atoms with Crippen molar-refractivity contribution in [1.29, 1.82) is 0 Å². The minimum absolute atomic E-state index is 0.215. The first-order chi connectivity index (χ1) is 7.57. The van der Waals surface area contributed by atoms with Crippen LogP contribution >= 0.6 is 11.3 Å². The van der Waals surface area contributed by atoms with Crippen LogP contribution < -0.4 is 5.73 Å². The van der Waals surface area contributed by atoms with E-state index in [1.54, 1.807) is 6.07 Å². The van der Waals surface area contributed by atoms with Gasteiger partial charge in [-0.1, -0.05) is 0 Å². The van der Waals surface area contributed by atoms with Gasteiger partial charge in [0, 0.05) is 0 Å². The lowest BCUT2D eigenvalue weighted by atomic mass is 9.99. The second-order valence-electron chi connectivity index (χ2n) is 4.69. The van der Waals surface area contributed by atoms with Gasteiger partial charge in [0.1, 0.15) is 10.8 Å². The summed E-state index contributed by atoms with van der Waals surface area (Å²) in [6, 6.07) is 4.68. The highest BCUT2D eigenvalue weighted by atomic mass is 32.1. The molecule has 0 spiro atoms. The van der Waals surface area contributed by atoms with Crippen molar-refractivity contribution in [3.05, 3.63) is 29.0 Å². The summed E-state index contributed by atoms with van der Waals surface area (Å²) < 4.78 is 13.9. The van der Waals surface area contributed by atoms with Crippen molar-refractivity contribution < 1.29 is 4.39 Å². The van der Waals surface area contributed by atoms with Crippen molar-refractivity contribution in [3.63, 3.8) is 0 Å². The lowest BCUT2D eigenvalue weighted by Crippen LogP contribution is -2.35. The molecule has 0 aliphatic heterocycles. The molecule has 0 bridgehead atoms. The standard InChI is InChI=1S/C12H13FN2S/c1-12(14,7-2-3-7)11-15-9-5-4-8(13)6-10(9)16-11/h4-7H,2-3,14H2,1H3. The van der Waals surface area contributed by atoms with Crippen molar-refractivity contribution in [2.24, 2.45) is 11.7 Å². The van der Waals surface area contributed by atoms with E-state index in [1.165, 1.54) is 36.3 Å². The van der Waals surface area contributed by atoms with E-state index in [0.717, 1.165) is 15.2 Å². The smallest absolute Gasteiger partial charge is 0.124 e. The fraction of sp³-hybridized carbons (Fsp3) is 0.417. The number of nitrogens with two attached hydrogens (primary N) is 1. The molecular formula is C12H13FN2S. The summed E-state index contributed by atoms with van der Waals surface area (Å²) >= 11 is 1.51. The van der Waals surface area contributed by atoms with Crippen LogP contribution in [0.4, 0.5) is 4.39 Å². The molecule has 1 aliphatic carbocycles. The van der Waals surface area contributed by atoms with Crippen LogP contribution in [0.3, 0.4) is 0 Å². The van der Waals surface area contributed by atoms with Crippen molar-refractivity contribution in [2.75, 3.05) is 0 Å². The van der Waals surface area contributed by atoms with E-state index in [1.807, 2.05) is 6.92 Å². The molecule has 84 valence electrons. The van der Waals surface area contributed by atoms with Crippen molar-refractivity contribution in [2.45, 2.75) is 25.3 Å². The number of aromatic nitrogens is 1. The Morgan fingerprint density at radius 2 is 2.25 bits per heavy atom. The van der Waals surface area contributed by atoms with Gasteiger partial charge < -0.3 is 5.73 Å². The second-order valence-corrected chi connectivity index (χ2v) is 5.72. The quantitative estimate of drug-likeness (QED) is 0.870. The SMILES string of the molecule is CC(N)(c1nc2ccc(F)cc2s1)C1CC1. The molecule has 1 aromatic heterocycles. The van der Waals surface area contributed by atoms with Gasteiger partial charge in [-0.2, -0.15) is 0 Å². The summed E-state index contributed by atoms with van der Waals surface area (Å²) in [6.45, 7) is 2.03. The lowest BCUT2D eigenvalue weighted by Gasteiger charge is -2.20. The molecule has 1 fully saturated rings. The lowest BCUT2D eigenvalue weighted by molar-refractivity contribution is 0.426. The van der Waals surface area contributed by atoms with Crippen LogP contribution in [0.1, 0.15) is 24.8 Å². The first-order valence-corrected chi connectivity index (χ1v) is 6.24. The first-order valence-electron chi connectivity index (χ1n) is 5.43. The van der Waals surface area contributed by atoms with E-state index >= 15 is 0 Å². The minimum atomic E-state index is -0.347. The maximum atomic E-state index is 13.1. The molecule has 16 heavy (non-hydrogen) atoms. The number of halogens is 1. The van der Waals surface area contributed by atoms with Crippen LogP contribution in [0.5, 0.6) is 0 Å². The van der Waals surface area contributed by atoms with Crippen molar-refractivity contribution >= 4 is 21.6 Å². The molecule has 2 aromatic rings. The van der Waals surface area contributed by atoms with E-state index in [0.29, 0.717) is 5.92 Å². The molecule has 4 heteroatoms. The fourth-order valence-corrected chi connectivity index (χ4v) is 3.12. The molecular weight excluding hydrogens is 223 g/mol. The minimum Gasteiger partial charge on any atom is -0.319 e. The largest absolute Gasteiger partial charge is 0.319 e. The number of benzene rings is 1. The first kappa shape index (κ1) is 10.2. The Hall–Kier alpha value is -1.000. The van der Waals surface area contributed by atoms with Gasteiger partial charge in [-0.3, -0.25) is 0 Å². The fourth-order valence-electron chi connectivity index (χ4n) is 1.99. The number of hydrogen-bond donors (Lipinski definition) is 1. The summed E-state index contributed by atoms with van der Waals surface area (Å²) in [5.41, 5.74) is 6.80. The van der Waals surface area contributed by atoms with E-state index in [2.05, 4.69) is 4.98 Å². The number of fused-ring (bicyclic) bond motifs is 1. The third-order valence-corrected chi connectivity index (χ3v) is 4.51. The van der Waals surface area contributed by atoms with Crippen LogP contribution in [-0.4, -0.2) is 4.98 Å². The summed E-state index contributed by atoms with van der Waals surface area (Å²) in [5, 5.41) is 0.926. The molecule has 1 unspecified atom stereocenters. The summed E-state index contributed by atoms with van der Waals surface area (Å²) in [6.07, 6.45) is 2.36. The van der Waals surface area contributed by atoms with Crippen LogP contribution in [0, 0.1) is 11.7 Å². The highest BCUT2D eigenvalue weighted by Gasteiger charge is 2.41. The van der Waals surface area contributed by atoms with Crippen molar-refractivity contribution in [3.8, 4) is 0 Å². The highest BCUT2D eigenvalue weighted by molar-refractivity contribution is 7.18. The van der Waals surface area contributed by atoms with E-state index < -0.39 is 0 Å². The molecule has 1 heterocycles. The zero-order valence-electron chi connectivity index (χ0n) is 9.03. The Kier molecular flexibility index (Phi) is 2.06. The van der Waals surface area contributed by atoms with Gasteiger partial charge in [-0.05, 0) is 43.9 Å². The zero-order valence-corrected chi connectivity index (χ0v) is 9.85. The van der Waals surface area contributed by atoms with Crippen LogP contribution in [0.25, 0.3) is 10.2 Å². The Bertz CT molecular complexity index is 543. The van der Waals surface area contributed by atoms with Crippen LogP contribution in [-0.2, 0) is 5.54 Å². The Balaban J connectivity index is 2.11. The normalized spacial score (nSPS) is 19.9. The summed E-state index contributed by atoms with van der Waals surface area (Å²) in [4.78, 5) is 4.51. The third kappa shape index (κ3) is 1.53. The maximum Gasteiger partial charge on any atom is 0.124 e. The monoisotopic (exact) mass is 236 g/mol. The van der Waals surface area contributed by atoms with Gasteiger partial charge in [-0.25, -0.2) is 9.37 Å². The molecule has 3 rings (SSSR count). The zero-order chi connectivity index (χ0) is 11.3. The van der Waals surface area contributed by atoms with E-state index in [-0.39, 0.29) is 11.4 Å². The summed E-state index contributed by atoms with van der Waals surface area (Å²) in [7, 11) is 0. The Labute approximate surface area is 97.3 Å². The molecule has 1 aliphatic rings. The molecule has 2 N–H and O–H groups in total. The molecule has 1 saturated carbocycles. The van der Waals surface area contributed by atoms with Gasteiger partial charge in [0.05, 0.1) is 15.8 Å². The van der Waals surface area contributed by atoms with Gasteiger partial charge in [-0.15, -0.1) is 11.3 Å². The van der Waals surface area contributed by atoms with Crippen molar-refractivity contribution in [1.82, 2.24) is 4.98 Å². The van der Waals surface area contributed by atoms with Gasteiger partial charge in [0.2, 0.25) is 0 Å². The molecule has 0 amide bonds. The van der Waals surface area contributed by atoms with Gasteiger partial charge in [0.25, 0.3) is 0 Å². The molecule has 1 atom stereocenters. The second kappa shape index (κ2) is 3.25. The van der Waals surface area contributed by atoms with E-state index in [9.17, 15) is 4.39 Å². The average molecular weight is 236 g/mol. The molecule has 2 nitrogen and oxygen atoms in total. The molecule has 0 radical (unpaired) electrons. The Morgan fingerprint density at radius 3 is 2.94 bits per heavy atom. The number of rotatable bonds is 2. The highest BCUT2D eigenvalue weighted by Crippen LogP contribution is 2.45. The van der Waals surface area contributed by atoms with E-state index in [4.69, 9.17) is 5.73 Å². The van der Waals surface area contributed by atoms with Gasteiger partial charge in [0.15, 0.2) is 0 Å². The van der Waals surface area contributed by atoms with Crippen LogP contribution in [0.15, 0.2) is 18.2 Å².